The molecule has 7 nitrogen and oxygen atoms in total. The third-order valence-electron chi connectivity index (χ3n) is 3.30. The Bertz CT molecular complexity index is 854. The molecule has 0 spiro atoms. The first-order valence-corrected chi connectivity index (χ1v) is 10.4. The van der Waals surface area contributed by atoms with E-state index in [-0.39, 0.29) is 17.8 Å². The zero-order valence-electron chi connectivity index (χ0n) is 16.4. The van der Waals surface area contributed by atoms with Gasteiger partial charge in [-0.25, -0.2) is 15.4 Å². The van der Waals surface area contributed by atoms with E-state index in [9.17, 15) is 4.79 Å². The van der Waals surface area contributed by atoms with E-state index in [1.165, 1.54) is 11.8 Å². The van der Waals surface area contributed by atoms with Crippen LogP contribution >= 0.6 is 27.7 Å². The predicted octanol–water partition coefficient (Wildman–Crippen LogP) is 3.89. The van der Waals surface area contributed by atoms with Gasteiger partial charge in [0.2, 0.25) is 0 Å². The van der Waals surface area contributed by atoms with Gasteiger partial charge in [0.25, 0.3) is 5.91 Å². The molecule has 0 aliphatic carbocycles. The van der Waals surface area contributed by atoms with Crippen molar-refractivity contribution >= 4 is 39.8 Å². The molecule has 150 valence electrons. The van der Waals surface area contributed by atoms with Crippen molar-refractivity contribution in [3.05, 3.63) is 39.6 Å². The molecule has 0 unspecified atom stereocenters. The summed E-state index contributed by atoms with van der Waals surface area (Å²) in [6, 6.07) is 5.52. The number of amides is 1. The fourth-order valence-electron chi connectivity index (χ4n) is 2.26. The van der Waals surface area contributed by atoms with Gasteiger partial charge < -0.3 is 9.47 Å². The molecule has 0 saturated carbocycles. The van der Waals surface area contributed by atoms with E-state index in [0.29, 0.717) is 16.7 Å². The van der Waals surface area contributed by atoms with Gasteiger partial charge in [-0.2, -0.15) is 5.10 Å². The maximum absolute atomic E-state index is 12.0. The summed E-state index contributed by atoms with van der Waals surface area (Å²) in [6.07, 6.45) is 1.56. The normalized spacial score (nSPS) is 11.1. The minimum Gasteiger partial charge on any atom is -0.493 e. The lowest BCUT2D eigenvalue weighted by Crippen LogP contribution is -2.19. The average Bonchev–Trinajstić information content (AvgIpc) is 2.61. The van der Waals surface area contributed by atoms with Crippen LogP contribution in [-0.4, -0.2) is 41.1 Å². The first-order valence-electron chi connectivity index (χ1n) is 8.59. The van der Waals surface area contributed by atoms with Gasteiger partial charge in [-0.3, -0.25) is 4.79 Å². The summed E-state index contributed by atoms with van der Waals surface area (Å²) in [5, 5.41) is 4.58. The number of ether oxygens (including phenoxy) is 2. The lowest BCUT2D eigenvalue weighted by atomic mass is 10.2. The summed E-state index contributed by atoms with van der Waals surface area (Å²) in [5.74, 6) is 1.14. The molecule has 1 aromatic heterocycles. The van der Waals surface area contributed by atoms with Crippen molar-refractivity contribution in [2.75, 3.05) is 12.9 Å². The molecule has 1 aromatic carbocycles. The van der Waals surface area contributed by atoms with E-state index < -0.39 is 0 Å². The quantitative estimate of drug-likeness (QED) is 0.274. The summed E-state index contributed by atoms with van der Waals surface area (Å²) < 4.78 is 11.9. The molecule has 0 atom stereocenters. The van der Waals surface area contributed by atoms with Crippen LogP contribution in [0.25, 0.3) is 0 Å². The van der Waals surface area contributed by atoms with Gasteiger partial charge in [-0.15, -0.1) is 0 Å². The van der Waals surface area contributed by atoms with Crippen LogP contribution in [0.4, 0.5) is 0 Å². The zero-order valence-corrected chi connectivity index (χ0v) is 18.8. The molecule has 0 radical (unpaired) electrons. The molecule has 0 fully saturated rings. The van der Waals surface area contributed by atoms with E-state index in [4.69, 9.17) is 9.47 Å². The minimum absolute atomic E-state index is 0.0164. The highest BCUT2D eigenvalue weighted by Gasteiger charge is 2.12. The molecule has 0 aliphatic rings. The smallest absolute Gasteiger partial charge is 0.250 e. The van der Waals surface area contributed by atoms with Gasteiger partial charge in [-0.05, 0) is 67.4 Å². The van der Waals surface area contributed by atoms with Crippen LogP contribution in [0, 0.1) is 13.8 Å². The molecule has 0 aliphatic heterocycles. The number of aryl methyl sites for hydroxylation is 2. The number of carbonyl (C=O) groups excluding carboxylic acids is 1. The largest absolute Gasteiger partial charge is 0.493 e. The van der Waals surface area contributed by atoms with E-state index >= 15 is 0 Å². The molecule has 2 rings (SSSR count). The monoisotopic (exact) mass is 466 g/mol. The lowest BCUT2D eigenvalue weighted by Gasteiger charge is -2.15. The fraction of sp³-hybridized carbons (Fsp3) is 0.368. The summed E-state index contributed by atoms with van der Waals surface area (Å²) >= 11 is 4.75. The van der Waals surface area contributed by atoms with E-state index in [2.05, 4.69) is 36.4 Å². The lowest BCUT2D eigenvalue weighted by molar-refractivity contribution is -0.118. The van der Waals surface area contributed by atoms with Crippen molar-refractivity contribution < 1.29 is 14.3 Å². The second-order valence-corrected chi connectivity index (χ2v) is 8.01. The van der Waals surface area contributed by atoms with E-state index in [1.54, 1.807) is 19.4 Å². The van der Waals surface area contributed by atoms with Crippen LogP contribution < -0.4 is 14.9 Å². The number of nitrogens with one attached hydrogen (secondary N) is 1. The van der Waals surface area contributed by atoms with Gasteiger partial charge in [-0.1, -0.05) is 11.8 Å². The highest BCUT2D eigenvalue weighted by Crippen LogP contribution is 2.36. The molecule has 0 bridgehead atoms. The van der Waals surface area contributed by atoms with Crippen molar-refractivity contribution in [2.45, 2.75) is 39.0 Å². The maximum Gasteiger partial charge on any atom is 0.250 e. The Labute approximate surface area is 177 Å². The number of thioether (sulfide) groups is 1. The Morgan fingerprint density at radius 2 is 1.96 bits per heavy atom. The van der Waals surface area contributed by atoms with Crippen molar-refractivity contribution in [3.63, 3.8) is 0 Å². The molecule has 0 saturated heterocycles. The van der Waals surface area contributed by atoms with Gasteiger partial charge >= 0.3 is 0 Å². The highest BCUT2D eigenvalue weighted by atomic mass is 79.9. The van der Waals surface area contributed by atoms with Crippen molar-refractivity contribution in [2.24, 2.45) is 5.10 Å². The van der Waals surface area contributed by atoms with E-state index in [1.807, 2.05) is 39.8 Å². The molecule has 1 heterocycles. The van der Waals surface area contributed by atoms with E-state index in [0.717, 1.165) is 21.4 Å². The molecular weight excluding hydrogens is 444 g/mol. The Kier molecular flexibility index (Phi) is 8.25. The maximum atomic E-state index is 12.0. The minimum atomic E-state index is -0.241. The number of nitrogens with zero attached hydrogens (tertiary/aromatic N) is 3. The third-order valence-corrected chi connectivity index (χ3v) is 4.74. The fourth-order valence-corrected chi connectivity index (χ4v) is 3.56. The Morgan fingerprint density at radius 3 is 2.57 bits per heavy atom. The first kappa shape index (κ1) is 22.2. The van der Waals surface area contributed by atoms with Crippen LogP contribution in [0.3, 0.4) is 0 Å². The second-order valence-electron chi connectivity index (χ2n) is 6.22. The molecule has 1 amide bonds. The zero-order chi connectivity index (χ0) is 20.7. The average molecular weight is 467 g/mol. The molecule has 2 aromatic rings. The second kappa shape index (κ2) is 10.4. The Balaban J connectivity index is 1.96. The Morgan fingerprint density at radius 1 is 1.29 bits per heavy atom. The molecule has 1 N–H and O–H groups in total. The predicted molar refractivity (Wildman–Crippen MR) is 114 cm³/mol. The summed E-state index contributed by atoms with van der Waals surface area (Å²) in [4.78, 5) is 20.6. The van der Waals surface area contributed by atoms with Gasteiger partial charge in [0, 0.05) is 11.4 Å². The van der Waals surface area contributed by atoms with Crippen LogP contribution in [0.5, 0.6) is 11.5 Å². The number of hydrogen-bond acceptors (Lipinski definition) is 7. The number of aromatic nitrogens is 2. The SMILES string of the molecule is COc1cc(/C=N\NC(=O)CSc2nc(C)cc(C)n2)cc(Br)c1OC(C)C. The van der Waals surface area contributed by atoms with Gasteiger partial charge in [0.1, 0.15) is 0 Å². The number of benzene rings is 1. The van der Waals surface area contributed by atoms with Gasteiger partial charge in [0.15, 0.2) is 16.7 Å². The van der Waals surface area contributed by atoms with Crippen LogP contribution in [-0.2, 0) is 4.79 Å². The highest BCUT2D eigenvalue weighted by molar-refractivity contribution is 9.10. The summed E-state index contributed by atoms with van der Waals surface area (Å²) in [5.41, 5.74) is 5.00. The summed E-state index contributed by atoms with van der Waals surface area (Å²) in [7, 11) is 1.57. The first-order chi connectivity index (χ1) is 13.3. The van der Waals surface area contributed by atoms with Crippen LogP contribution in [0.15, 0.2) is 32.9 Å². The van der Waals surface area contributed by atoms with Crippen molar-refractivity contribution in [3.8, 4) is 11.5 Å². The molecular formula is C19H23BrN4O3S. The number of hydrogen-bond donors (Lipinski definition) is 1. The van der Waals surface area contributed by atoms with Crippen molar-refractivity contribution in [1.82, 2.24) is 15.4 Å². The molecule has 9 heteroatoms. The van der Waals surface area contributed by atoms with Crippen molar-refractivity contribution in [1.29, 1.82) is 0 Å². The number of methoxy groups -OCH3 is 1. The molecule has 28 heavy (non-hydrogen) atoms. The number of hydrazone groups is 1. The Hall–Kier alpha value is -2.13. The summed E-state index contributed by atoms with van der Waals surface area (Å²) in [6.45, 7) is 7.68. The number of carbonyl (C=O) groups is 1. The number of rotatable bonds is 8. The number of halogens is 1. The third kappa shape index (κ3) is 6.79. The standard InChI is InChI=1S/C19H23BrN4O3S/c1-11(2)27-18-15(20)7-14(8-16(18)26-5)9-21-24-17(25)10-28-19-22-12(3)6-13(4)23-19/h6-9,11H,10H2,1-5H3,(H,24,25)/b21-9-. The van der Waals surface area contributed by atoms with Crippen LogP contribution in [0.1, 0.15) is 30.8 Å². The van der Waals surface area contributed by atoms with Crippen LogP contribution in [0.2, 0.25) is 0 Å². The topological polar surface area (TPSA) is 85.7 Å². The van der Waals surface area contributed by atoms with Gasteiger partial charge in [0.05, 0.1) is 29.7 Å².